The van der Waals surface area contributed by atoms with Crippen LogP contribution in [0.2, 0.25) is 0 Å². The van der Waals surface area contributed by atoms with Gasteiger partial charge in [-0.3, -0.25) is 0 Å². The van der Waals surface area contributed by atoms with E-state index in [4.69, 9.17) is 9.47 Å². The van der Waals surface area contributed by atoms with E-state index in [1.54, 1.807) is 25.2 Å². The summed E-state index contributed by atoms with van der Waals surface area (Å²) in [6, 6.07) is 8.53. The molecule has 1 aliphatic heterocycles. The molecule has 0 bridgehead atoms. The molecule has 2 aromatic carbocycles. The van der Waals surface area contributed by atoms with E-state index in [9.17, 15) is 8.78 Å². The van der Waals surface area contributed by atoms with Gasteiger partial charge in [0.15, 0.2) is 11.5 Å². The second kappa shape index (κ2) is 5.69. The molecular weight excluding hydrogens is 276 g/mol. The Balaban J connectivity index is 2.13. The van der Waals surface area contributed by atoms with Crippen LogP contribution in [0.3, 0.4) is 0 Å². The quantitative estimate of drug-likeness (QED) is 0.943. The van der Waals surface area contributed by atoms with E-state index in [1.807, 2.05) is 0 Å². The molecule has 5 heteroatoms. The van der Waals surface area contributed by atoms with Crippen LogP contribution in [0.5, 0.6) is 11.5 Å². The summed E-state index contributed by atoms with van der Waals surface area (Å²) in [7, 11) is 1.65. The van der Waals surface area contributed by atoms with Crippen LogP contribution in [0, 0.1) is 11.6 Å². The molecule has 1 unspecified atom stereocenters. The topological polar surface area (TPSA) is 30.5 Å². The van der Waals surface area contributed by atoms with Crippen molar-refractivity contribution in [3.05, 3.63) is 59.2 Å². The predicted molar refractivity (Wildman–Crippen MR) is 74.7 cm³/mol. The van der Waals surface area contributed by atoms with Crippen molar-refractivity contribution in [1.82, 2.24) is 5.32 Å². The fraction of sp³-hybridized carbons (Fsp3) is 0.250. The van der Waals surface area contributed by atoms with E-state index in [0.717, 1.165) is 0 Å². The molecule has 1 N–H and O–H groups in total. The van der Waals surface area contributed by atoms with Gasteiger partial charge in [0.2, 0.25) is 0 Å². The number of rotatable bonds is 3. The summed E-state index contributed by atoms with van der Waals surface area (Å²) in [4.78, 5) is 0. The monoisotopic (exact) mass is 291 g/mol. The highest BCUT2D eigenvalue weighted by atomic mass is 19.1. The largest absolute Gasteiger partial charge is 0.486 e. The maximum Gasteiger partial charge on any atom is 0.166 e. The Morgan fingerprint density at radius 2 is 1.67 bits per heavy atom. The van der Waals surface area contributed by atoms with Crippen LogP contribution >= 0.6 is 0 Å². The van der Waals surface area contributed by atoms with Gasteiger partial charge in [0, 0.05) is 11.1 Å². The van der Waals surface area contributed by atoms with Crippen molar-refractivity contribution in [2.24, 2.45) is 0 Å². The van der Waals surface area contributed by atoms with Crippen LogP contribution in [0.4, 0.5) is 8.78 Å². The van der Waals surface area contributed by atoms with Gasteiger partial charge in [0.05, 0.1) is 6.04 Å². The van der Waals surface area contributed by atoms with Crippen LogP contribution in [-0.2, 0) is 0 Å². The Hall–Kier alpha value is -2.14. The second-order valence-electron chi connectivity index (χ2n) is 4.73. The number of hydrogen-bond acceptors (Lipinski definition) is 3. The molecule has 110 valence electrons. The molecule has 1 aliphatic rings. The first-order chi connectivity index (χ1) is 10.2. The van der Waals surface area contributed by atoms with Gasteiger partial charge in [0.25, 0.3) is 0 Å². The van der Waals surface area contributed by atoms with Gasteiger partial charge in [-0.2, -0.15) is 0 Å². The van der Waals surface area contributed by atoms with Crippen LogP contribution in [0.25, 0.3) is 0 Å². The molecule has 0 aromatic heterocycles. The van der Waals surface area contributed by atoms with Crippen molar-refractivity contribution in [3.63, 3.8) is 0 Å². The lowest BCUT2D eigenvalue weighted by molar-refractivity contribution is 0.169. The molecule has 0 saturated carbocycles. The molecule has 0 spiro atoms. The number of hydrogen-bond donors (Lipinski definition) is 1. The second-order valence-corrected chi connectivity index (χ2v) is 4.73. The molecule has 21 heavy (non-hydrogen) atoms. The Morgan fingerprint density at radius 3 is 2.38 bits per heavy atom. The molecule has 2 aromatic rings. The fourth-order valence-electron chi connectivity index (χ4n) is 2.57. The van der Waals surface area contributed by atoms with E-state index in [-0.39, 0.29) is 5.56 Å². The molecule has 0 aliphatic carbocycles. The lowest BCUT2D eigenvalue weighted by Gasteiger charge is -2.25. The number of nitrogens with one attached hydrogen (secondary N) is 1. The lowest BCUT2D eigenvalue weighted by atomic mass is 9.96. The molecule has 3 rings (SSSR count). The van der Waals surface area contributed by atoms with Gasteiger partial charge in [-0.15, -0.1) is 0 Å². The van der Waals surface area contributed by atoms with Crippen molar-refractivity contribution in [1.29, 1.82) is 0 Å². The van der Waals surface area contributed by atoms with E-state index in [2.05, 4.69) is 5.32 Å². The zero-order valence-electron chi connectivity index (χ0n) is 11.5. The van der Waals surface area contributed by atoms with Gasteiger partial charge < -0.3 is 14.8 Å². The lowest BCUT2D eigenvalue weighted by Crippen LogP contribution is -2.23. The van der Waals surface area contributed by atoms with Gasteiger partial charge in [-0.05, 0) is 25.2 Å². The molecule has 0 radical (unpaired) electrons. The average molecular weight is 291 g/mol. The van der Waals surface area contributed by atoms with Gasteiger partial charge in [0.1, 0.15) is 24.8 Å². The van der Waals surface area contributed by atoms with Crippen molar-refractivity contribution < 1.29 is 18.3 Å². The van der Waals surface area contributed by atoms with Crippen molar-refractivity contribution >= 4 is 0 Å². The Labute approximate surface area is 121 Å². The molecule has 1 atom stereocenters. The zero-order valence-corrected chi connectivity index (χ0v) is 11.5. The molecule has 3 nitrogen and oxygen atoms in total. The van der Waals surface area contributed by atoms with E-state index in [0.29, 0.717) is 30.3 Å². The third kappa shape index (κ3) is 2.45. The van der Waals surface area contributed by atoms with Crippen LogP contribution < -0.4 is 14.8 Å². The summed E-state index contributed by atoms with van der Waals surface area (Å²) in [6.45, 7) is 0.884. The van der Waals surface area contributed by atoms with Crippen molar-refractivity contribution in [3.8, 4) is 11.5 Å². The summed E-state index contributed by atoms with van der Waals surface area (Å²) < 4.78 is 39.2. The third-order valence-electron chi connectivity index (χ3n) is 3.48. The smallest absolute Gasteiger partial charge is 0.166 e. The number of para-hydroxylation sites is 1. The first kappa shape index (κ1) is 13.8. The Kier molecular flexibility index (Phi) is 3.75. The number of fused-ring (bicyclic) bond motifs is 1. The fourth-order valence-corrected chi connectivity index (χ4v) is 2.57. The summed E-state index contributed by atoms with van der Waals surface area (Å²) >= 11 is 0. The highest BCUT2D eigenvalue weighted by Crippen LogP contribution is 2.39. The number of benzene rings is 2. The Bertz CT molecular complexity index is 640. The Morgan fingerprint density at radius 1 is 1.00 bits per heavy atom. The minimum absolute atomic E-state index is 0.0254. The predicted octanol–water partition coefficient (Wildman–Crippen LogP) is 3.04. The average Bonchev–Trinajstić information content (AvgIpc) is 2.51. The number of halogens is 2. The minimum atomic E-state index is -0.650. The minimum Gasteiger partial charge on any atom is -0.486 e. The van der Waals surface area contributed by atoms with Crippen LogP contribution in [0.15, 0.2) is 36.4 Å². The summed E-state index contributed by atoms with van der Waals surface area (Å²) in [5, 5.41) is 2.95. The molecular formula is C16H15F2NO2. The first-order valence-electron chi connectivity index (χ1n) is 6.72. The zero-order chi connectivity index (χ0) is 14.8. The molecule has 0 amide bonds. The van der Waals surface area contributed by atoms with Crippen LogP contribution in [-0.4, -0.2) is 20.3 Å². The highest BCUT2D eigenvalue weighted by Gasteiger charge is 2.26. The molecule has 1 heterocycles. The van der Waals surface area contributed by atoms with E-state index >= 15 is 0 Å². The van der Waals surface area contributed by atoms with E-state index in [1.165, 1.54) is 18.2 Å². The number of ether oxygens (including phenoxy) is 2. The maximum absolute atomic E-state index is 14.1. The molecule has 0 saturated heterocycles. The van der Waals surface area contributed by atoms with Gasteiger partial charge in [-0.25, -0.2) is 8.78 Å². The highest BCUT2D eigenvalue weighted by molar-refractivity contribution is 5.51. The summed E-state index contributed by atoms with van der Waals surface area (Å²) in [5.74, 6) is -0.0612. The first-order valence-corrected chi connectivity index (χ1v) is 6.72. The molecule has 0 fully saturated rings. The summed E-state index contributed by atoms with van der Waals surface area (Å²) in [5.41, 5.74) is 0.626. The van der Waals surface area contributed by atoms with Gasteiger partial charge in [-0.1, -0.05) is 18.2 Å². The SMILES string of the molecule is CNC(c1cccc2c1OCCO2)c1c(F)cccc1F. The summed E-state index contributed by atoms with van der Waals surface area (Å²) in [6.07, 6.45) is 0. The third-order valence-corrected chi connectivity index (χ3v) is 3.48. The van der Waals surface area contributed by atoms with Crippen LogP contribution in [0.1, 0.15) is 17.2 Å². The van der Waals surface area contributed by atoms with E-state index < -0.39 is 17.7 Å². The standard InChI is InChI=1S/C16H15F2NO2/c1-19-15(14-11(17)5-3-6-12(14)18)10-4-2-7-13-16(10)21-9-8-20-13/h2-7,15,19H,8-9H2,1H3. The van der Waals surface area contributed by atoms with Gasteiger partial charge >= 0.3 is 0 Å². The maximum atomic E-state index is 14.1. The normalized spacial score (nSPS) is 14.8. The van der Waals surface area contributed by atoms with Crippen molar-refractivity contribution in [2.75, 3.05) is 20.3 Å². The van der Waals surface area contributed by atoms with Crippen molar-refractivity contribution in [2.45, 2.75) is 6.04 Å².